The minimum atomic E-state index is -0.927. The lowest BCUT2D eigenvalue weighted by atomic mass is 10.3. The van der Waals surface area contributed by atoms with Crippen molar-refractivity contribution in [1.29, 1.82) is 0 Å². The second-order valence-electron chi connectivity index (χ2n) is 1.99. The van der Waals surface area contributed by atoms with Gasteiger partial charge in [-0.2, -0.15) is 0 Å². The summed E-state index contributed by atoms with van der Waals surface area (Å²) in [6, 6.07) is 3.36. The van der Waals surface area contributed by atoms with Crippen molar-refractivity contribution in [2.75, 3.05) is 6.86 Å². The maximum atomic E-state index is 11.8. The molecule has 0 aromatic heterocycles. The topological polar surface area (TPSA) is 29.5 Å². The van der Waals surface area contributed by atoms with Gasteiger partial charge in [0.05, 0.1) is 3.57 Å². The summed E-state index contributed by atoms with van der Waals surface area (Å²) in [5.74, 6) is 0.183. The van der Waals surface area contributed by atoms with Gasteiger partial charge in [0, 0.05) is 3.57 Å². The van der Waals surface area contributed by atoms with Crippen LogP contribution in [-0.2, 0) is 0 Å². The Labute approximate surface area is 96.4 Å². The molecular formula is C7H5FI2O2. The fraction of sp³-hybridized carbons (Fsp3) is 0.143. The lowest BCUT2D eigenvalue weighted by molar-refractivity contribution is 0.185. The molecule has 0 fully saturated rings. The Hall–Kier alpha value is 0.210. The molecule has 0 radical (unpaired) electrons. The van der Waals surface area contributed by atoms with Crippen LogP contribution in [0.2, 0.25) is 0 Å². The number of hydrogen-bond acceptors (Lipinski definition) is 2. The molecule has 1 aromatic carbocycles. The van der Waals surface area contributed by atoms with Gasteiger partial charge in [0.2, 0.25) is 6.86 Å². The maximum absolute atomic E-state index is 11.8. The van der Waals surface area contributed by atoms with Crippen molar-refractivity contribution in [2.24, 2.45) is 0 Å². The van der Waals surface area contributed by atoms with Crippen molar-refractivity contribution in [3.8, 4) is 11.5 Å². The van der Waals surface area contributed by atoms with Crippen LogP contribution in [0.25, 0.3) is 0 Å². The molecule has 66 valence electrons. The predicted molar refractivity (Wildman–Crippen MR) is 60.1 cm³/mol. The summed E-state index contributed by atoms with van der Waals surface area (Å²) in [6.45, 7) is -0.927. The van der Waals surface area contributed by atoms with Crippen molar-refractivity contribution < 1.29 is 14.2 Å². The Morgan fingerprint density at radius 2 is 2.08 bits per heavy atom. The fourth-order valence-corrected chi connectivity index (χ4v) is 2.50. The van der Waals surface area contributed by atoms with Crippen LogP contribution >= 0.6 is 45.2 Å². The molecule has 0 saturated carbocycles. The molecule has 0 bridgehead atoms. The summed E-state index contributed by atoms with van der Waals surface area (Å²) >= 11 is 4.03. The van der Waals surface area contributed by atoms with Gasteiger partial charge in [0.1, 0.15) is 0 Å². The molecular weight excluding hydrogens is 389 g/mol. The van der Waals surface area contributed by atoms with Crippen LogP contribution in [0.3, 0.4) is 0 Å². The smallest absolute Gasteiger partial charge is 0.228 e. The predicted octanol–water partition coefficient (Wildman–Crippen LogP) is 2.91. The second kappa shape index (κ2) is 4.45. The van der Waals surface area contributed by atoms with E-state index < -0.39 is 6.86 Å². The van der Waals surface area contributed by atoms with Gasteiger partial charge < -0.3 is 9.84 Å². The number of rotatable bonds is 2. The molecule has 1 aromatic rings. The summed E-state index contributed by atoms with van der Waals surface area (Å²) in [7, 11) is 0. The zero-order chi connectivity index (χ0) is 9.14. The summed E-state index contributed by atoms with van der Waals surface area (Å²) in [5, 5.41) is 9.35. The van der Waals surface area contributed by atoms with Gasteiger partial charge in [-0.3, -0.25) is 0 Å². The van der Waals surface area contributed by atoms with Gasteiger partial charge in [0.25, 0.3) is 0 Å². The van der Waals surface area contributed by atoms with E-state index in [1.807, 2.05) is 22.6 Å². The number of aromatic hydroxyl groups is 1. The Balaban J connectivity index is 3.09. The highest BCUT2D eigenvalue weighted by Gasteiger charge is 2.07. The van der Waals surface area contributed by atoms with Crippen LogP contribution in [0.1, 0.15) is 0 Å². The van der Waals surface area contributed by atoms with E-state index in [0.717, 1.165) is 3.57 Å². The van der Waals surface area contributed by atoms with Gasteiger partial charge in [-0.05, 0) is 57.3 Å². The maximum Gasteiger partial charge on any atom is 0.228 e. The standard InChI is InChI=1S/C7H5FI2O2/c8-3-12-6-2-4(9)1-5(10)7(6)11/h1-2,11H,3H2. The normalized spacial score (nSPS) is 9.92. The van der Waals surface area contributed by atoms with Crippen LogP contribution in [0.15, 0.2) is 12.1 Å². The molecule has 0 aliphatic heterocycles. The number of phenols is 1. The highest BCUT2D eigenvalue weighted by molar-refractivity contribution is 14.1. The number of ether oxygens (including phenoxy) is 1. The molecule has 0 spiro atoms. The van der Waals surface area contributed by atoms with E-state index in [0.29, 0.717) is 3.57 Å². The fourth-order valence-electron chi connectivity index (χ4n) is 0.711. The third-order valence-electron chi connectivity index (χ3n) is 1.20. The number of alkyl halides is 1. The first-order valence-corrected chi connectivity index (χ1v) is 5.17. The average molecular weight is 394 g/mol. The van der Waals surface area contributed by atoms with E-state index in [-0.39, 0.29) is 11.5 Å². The lowest BCUT2D eigenvalue weighted by Gasteiger charge is -2.05. The first kappa shape index (κ1) is 10.3. The summed E-state index contributed by atoms with van der Waals surface area (Å²) in [5.41, 5.74) is 0. The van der Waals surface area contributed by atoms with E-state index in [9.17, 15) is 9.50 Å². The number of halogens is 3. The molecule has 12 heavy (non-hydrogen) atoms. The van der Waals surface area contributed by atoms with Crippen LogP contribution in [0.5, 0.6) is 11.5 Å². The molecule has 0 aliphatic rings. The molecule has 1 rings (SSSR count). The Bertz CT molecular complexity index is 291. The van der Waals surface area contributed by atoms with Crippen LogP contribution in [0, 0.1) is 7.14 Å². The molecule has 0 amide bonds. The zero-order valence-corrected chi connectivity index (χ0v) is 10.2. The summed E-state index contributed by atoms with van der Waals surface area (Å²) in [6.07, 6.45) is 0. The molecule has 0 aliphatic carbocycles. The molecule has 0 unspecified atom stereocenters. The molecule has 5 heteroatoms. The Kier molecular flexibility index (Phi) is 3.81. The zero-order valence-electron chi connectivity index (χ0n) is 5.85. The van der Waals surface area contributed by atoms with Crippen molar-refractivity contribution >= 4 is 45.2 Å². The summed E-state index contributed by atoms with van der Waals surface area (Å²) < 4.78 is 17.9. The van der Waals surface area contributed by atoms with Crippen LogP contribution < -0.4 is 4.74 Å². The highest BCUT2D eigenvalue weighted by atomic mass is 127. The molecule has 0 heterocycles. The largest absolute Gasteiger partial charge is 0.504 e. The highest BCUT2D eigenvalue weighted by Crippen LogP contribution is 2.33. The first-order chi connectivity index (χ1) is 5.65. The Morgan fingerprint density at radius 1 is 1.42 bits per heavy atom. The monoisotopic (exact) mass is 394 g/mol. The van der Waals surface area contributed by atoms with E-state index in [2.05, 4.69) is 27.3 Å². The van der Waals surface area contributed by atoms with Gasteiger partial charge in [-0.25, -0.2) is 4.39 Å². The average Bonchev–Trinajstić information content (AvgIpc) is 2.00. The van der Waals surface area contributed by atoms with Crippen molar-refractivity contribution in [1.82, 2.24) is 0 Å². The van der Waals surface area contributed by atoms with E-state index >= 15 is 0 Å². The third-order valence-corrected chi connectivity index (χ3v) is 2.65. The molecule has 0 saturated heterocycles. The van der Waals surface area contributed by atoms with Crippen molar-refractivity contribution in [3.63, 3.8) is 0 Å². The van der Waals surface area contributed by atoms with E-state index in [1.54, 1.807) is 12.1 Å². The van der Waals surface area contributed by atoms with Crippen LogP contribution in [-0.4, -0.2) is 12.0 Å². The SMILES string of the molecule is Oc1c(I)cc(I)cc1OCF. The van der Waals surface area contributed by atoms with Crippen molar-refractivity contribution in [2.45, 2.75) is 0 Å². The molecule has 0 atom stereocenters. The summed E-state index contributed by atoms with van der Waals surface area (Å²) in [4.78, 5) is 0. The minimum absolute atomic E-state index is 0.00586. The Morgan fingerprint density at radius 3 is 2.67 bits per heavy atom. The van der Waals surface area contributed by atoms with Crippen molar-refractivity contribution in [3.05, 3.63) is 19.3 Å². The lowest BCUT2D eigenvalue weighted by Crippen LogP contribution is -1.92. The number of benzene rings is 1. The van der Waals surface area contributed by atoms with E-state index in [1.165, 1.54) is 0 Å². The minimum Gasteiger partial charge on any atom is -0.504 e. The van der Waals surface area contributed by atoms with Gasteiger partial charge in [-0.1, -0.05) is 0 Å². The number of phenolic OH excluding ortho intramolecular Hbond substituents is 1. The van der Waals surface area contributed by atoms with Crippen LogP contribution in [0.4, 0.5) is 4.39 Å². The molecule has 2 nitrogen and oxygen atoms in total. The molecule has 1 N–H and O–H groups in total. The van der Waals surface area contributed by atoms with Gasteiger partial charge in [0.15, 0.2) is 11.5 Å². The second-order valence-corrected chi connectivity index (χ2v) is 4.40. The third kappa shape index (κ3) is 2.35. The van der Waals surface area contributed by atoms with E-state index in [4.69, 9.17) is 0 Å². The number of hydrogen-bond donors (Lipinski definition) is 1. The first-order valence-electron chi connectivity index (χ1n) is 3.02. The quantitative estimate of drug-likeness (QED) is 0.783. The van der Waals surface area contributed by atoms with Gasteiger partial charge in [-0.15, -0.1) is 0 Å². The van der Waals surface area contributed by atoms with Gasteiger partial charge >= 0.3 is 0 Å².